The third kappa shape index (κ3) is 4.12. The van der Waals surface area contributed by atoms with E-state index in [1.165, 1.54) is 23.8 Å². The van der Waals surface area contributed by atoms with Crippen LogP contribution < -0.4 is 11.0 Å². The van der Waals surface area contributed by atoms with Gasteiger partial charge in [-0.2, -0.15) is 4.98 Å². The van der Waals surface area contributed by atoms with Gasteiger partial charge in [0.2, 0.25) is 5.91 Å². The largest absolute Gasteiger partial charge is 0.348 e. The summed E-state index contributed by atoms with van der Waals surface area (Å²) in [7, 11) is 0. The molecule has 1 amide bonds. The zero-order valence-corrected chi connectivity index (χ0v) is 14.7. The Morgan fingerprint density at radius 3 is 2.76 bits per heavy atom. The van der Waals surface area contributed by atoms with Crippen molar-refractivity contribution >= 4 is 5.91 Å². The Labute approximate surface area is 146 Å². The maximum Gasteiger partial charge on any atom is 0.348 e. The van der Waals surface area contributed by atoms with Crippen molar-refractivity contribution in [3.63, 3.8) is 0 Å². The van der Waals surface area contributed by atoms with Crippen LogP contribution in [0.4, 0.5) is 0 Å². The van der Waals surface area contributed by atoms with Crippen molar-refractivity contribution in [3.8, 4) is 0 Å². The van der Waals surface area contributed by atoms with Gasteiger partial charge in [-0.15, -0.1) is 10.2 Å². The average Bonchev–Trinajstić information content (AvgIpc) is 3.05. The van der Waals surface area contributed by atoms with Gasteiger partial charge in [-0.05, 0) is 32.8 Å². The zero-order valence-electron chi connectivity index (χ0n) is 14.7. The SMILES string of the molecule is Cc1cc(C)n(CC(=O)NCc2nncn2C2CCCCC2)c(=O)n1. The average molecular weight is 344 g/mol. The van der Waals surface area contributed by atoms with Crippen LogP contribution in [0.25, 0.3) is 0 Å². The topological polar surface area (TPSA) is 94.7 Å². The summed E-state index contributed by atoms with van der Waals surface area (Å²) in [5.74, 6) is 0.514. The van der Waals surface area contributed by atoms with Crippen molar-refractivity contribution < 1.29 is 4.79 Å². The molecule has 0 bridgehead atoms. The zero-order chi connectivity index (χ0) is 17.8. The summed E-state index contributed by atoms with van der Waals surface area (Å²) in [5, 5.41) is 11.0. The second-order valence-corrected chi connectivity index (χ2v) is 6.63. The van der Waals surface area contributed by atoms with Gasteiger partial charge in [-0.3, -0.25) is 9.36 Å². The van der Waals surface area contributed by atoms with Gasteiger partial charge in [-0.25, -0.2) is 4.79 Å². The van der Waals surface area contributed by atoms with Crippen LogP contribution in [0.3, 0.4) is 0 Å². The number of nitrogens with one attached hydrogen (secondary N) is 1. The number of carbonyl (C=O) groups excluding carboxylic acids is 1. The number of aromatic nitrogens is 5. The second kappa shape index (κ2) is 7.58. The van der Waals surface area contributed by atoms with Crippen molar-refractivity contribution in [2.45, 2.75) is 65.1 Å². The van der Waals surface area contributed by atoms with E-state index in [0.29, 0.717) is 18.3 Å². The molecule has 1 fully saturated rings. The summed E-state index contributed by atoms with van der Waals surface area (Å²) in [5.41, 5.74) is 0.968. The monoisotopic (exact) mass is 344 g/mol. The van der Waals surface area contributed by atoms with Crippen LogP contribution in [-0.2, 0) is 17.9 Å². The highest BCUT2D eigenvalue weighted by Gasteiger charge is 2.19. The van der Waals surface area contributed by atoms with Crippen molar-refractivity contribution in [2.24, 2.45) is 0 Å². The fourth-order valence-corrected chi connectivity index (χ4v) is 3.40. The predicted octanol–water partition coefficient (Wildman–Crippen LogP) is 1.27. The first-order valence-electron chi connectivity index (χ1n) is 8.75. The standard InChI is InChI=1S/C17H24N6O2/c1-12-8-13(2)22(17(25)20-12)10-16(24)18-9-15-21-19-11-23(15)14-6-4-3-5-7-14/h8,11,14H,3-7,9-10H2,1-2H3,(H,18,24). The molecule has 0 unspecified atom stereocenters. The van der Waals surface area contributed by atoms with Crippen LogP contribution in [-0.4, -0.2) is 30.2 Å². The highest BCUT2D eigenvalue weighted by Crippen LogP contribution is 2.28. The second-order valence-electron chi connectivity index (χ2n) is 6.63. The minimum Gasteiger partial charge on any atom is -0.347 e. The van der Waals surface area contributed by atoms with Crippen LogP contribution in [0.5, 0.6) is 0 Å². The molecule has 3 rings (SSSR count). The minimum atomic E-state index is -0.405. The van der Waals surface area contributed by atoms with E-state index in [4.69, 9.17) is 0 Å². The molecule has 8 nitrogen and oxygen atoms in total. The third-order valence-electron chi connectivity index (χ3n) is 4.71. The summed E-state index contributed by atoms with van der Waals surface area (Å²) in [4.78, 5) is 28.0. The van der Waals surface area contributed by atoms with Gasteiger partial charge in [0.05, 0.1) is 6.54 Å². The van der Waals surface area contributed by atoms with Crippen molar-refractivity contribution in [3.05, 3.63) is 40.1 Å². The summed E-state index contributed by atoms with van der Waals surface area (Å²) in [6.45, 7) is 3.82. The summed E-state index contributed by atoms with van der Waals surface area (Å²) >= 11 is 0. The summed E-state index contributed by atoms with van der Waals surface area (Å²) in [6, 6.07) is 2.20. The van der Waals surface area contributed by atoms with Crippen LogP contribution in [0.15, 0.2) is 17.2 Å². The normalized spacial score (nSPS) is 15.3. The number of nitrogens with zero attached hydrogens (tertiary/aromatic N) is 5. The molecule has 134 valence electrons. The maximum atomic E-state index is 12.2. The number of carbonyl (C=O) groups is 1. The van der Waals surface area contributed by atoms with E-state index in [0.717, 1.165) is 24.4 Å². The first-order valence-corrected chi connectivity index (χ1v) is 8.75. The number of rotatable bonds is 5. The van der Waals surface area contributed by atoms with Crippen molar-refractivity contribution in [2.75, 3.05) is 0 Å². The lowest BCUT2D eigenvalue weighted by Gasteiger charge is -2.24. The molecule has 0 saturated heterocycles. The number of aryl methyl sites for hydroxylation is 2. The molecule has 1 aliphatic carbocycles. The molecule has 0 aromatic carbocycles. The molecule has 0 radical (unpaired) electrons. The molecule has 2 aromatic heterocycles. The summed E-state index contributed by atoms with van der Waals surface area (Å²) in [6.07, 6.45) is 7.72. The Morgan fingerprint density at radius 1 is 1.28 bits per heavy atom. The van der Waals surface area contributed by atoms with Gasteiger partial charge in [0.25, 0.3) is 0 Å². The molecular formula is C17H24N6O2. The van der Waals surface area contributed by atoms with E-state index in [1.807, 2.05) is 0 Å². The Morgan fingerprint density at radius 2 is 2.04 bits per heavy atom. The van der Waals surface area contributed by atoms with Gasteiger partial charge in [-0.1, -0.05) is 19.3 Å². The highest BCUT2D eigenvalue weighted by atomic mass is 16.2. The lowest BCUT2D eigenvalue weighted by atomic mass is 9.95. The minimum absolute atomic E-state index is 0.0461. The molecule has 1 saturated carbocycles. The lowest BCUT2D eigenvalue weighted by molar-refractivity contribution is -0.122. The van der Waals surface area contributed by atoms with Crippen LogP contribution in [0, 0.1) is 13.8 Å². The molecule has 8 heteroatoms. The van der Waals surface area contributed by atoms with Crippen LogP contribution in [0.2, 0.25) is 0 Å². The molecule has 0 spiro atoms. The van der Waals surface area contributed by atoms with E-state index >= 15 is 0 Å². The molecule has 2 aromatic rings. The highest BCUT2D eigenvalue weighted by molar-refractivity contribution is 5.75. The van der Waals surface area contributed by atoms with E-state index < -0.39 is 5.69 Å². The Hall–Kier alpha value is -2.51. The molecule has 0 aliphatic heterocycles. The van der Waals surface area contributed by atoms with E-state index in [2.05, 4.69) is 25.1 Å². The molecule has 25 heavy (non-hydrogen) atoms. The van der Waals surface area contributed by atoms with Gasteiger partial charge >= 0.3 is 5.69 Å². The van der Waals surface area contributed by atoms with E-state index in [1.54, 1.807) is 26.2 Å². The predicted molar refractivity (Wildman–Crippen MR) is 92.0 cm³/mol. The Balaban J connectivity index is 1.62. The first-order chi connectivity index (χ1) is 12.0. The Bertz CT molecular complexity index is 804. The first kappa shape index (κ1) is 17.3. The van der Waals surface area contributed by atoms with E-state index in [-0.39, 0.29) is 12.5 Å². The molecule has 1 N–H and O–H groups in total. The van der Waals surface area contributed by atoms with Crippen LogP contribution >= 0.6 is 0 Å². The van der Waals surface area contributed by atoms with Crippen LogP contribution in [0.1, 0.15) is 55.4 Å². The lowest BCUT2D eigenvalue weighted by Crippen LogP contribution is -2.35. The van der Waals surface area contributed by atoms with Gasteiger partial charge in [0, 0.05) is 17.4 Å². The maximum absolute atomic E-state index is 12.2. The fourth-order valence-electron chi connectivity index (χ4n) is 3.40. The number of hydrogen-bond acceptors (Lipinski definition) is 5. The fraction of sp³-hybridized carbons (Fsp3) is 0.588. The molecule has 0 atom stereocenters. The Kier molecular flexibility index (Phi) is 5.25. The van der Waals surface area contributed by atoms with Gasteiger partial charge < -0.3 is 9.88 Å². The van der Waals surface area contributed by atoms with E-state index in [9.17, 15) is 9.59 Å². The van der Waals surface area contributed by atoms with Gasteiger partial charge in [0.1, 0.15) is 12.9 Å². The quantitative estimate of drug-likeness (QED) is 0.881. The molecule has 2 heterocycles. The molecular weight excluding hydrogens is 320 g/mol. The van der Waals surface area contributed by atoms with Crippen molar-refractivity contribution in [1.29, 1.82) is 0 Å². The smallest absolute Gasteiger partial charge is 0.347 e. The number of amides is 1. The van der Waals surface area contributed by atoms with Gasteiger partial charge in [0.15, 0.2) is 5.82 Å². The summed E-state index contributed by atoms with van der Waals surface area (Å²) < 4.78 is 3.44. The van der Waals surface area contributed by atoms with Crippen molar-refractivity contribution in [1.82, 2.24) is 29.6 Å². The number of hydrogen-bond donors (Lipinski definition) is 1. The molecule has 1 aliphatic rings. The third-order valence-corrected chi connectivity index (χ3v) is 4.71.